The Bertz CT molecular complexity index is 988. The zero-order valence-electron chi connectivity index (χ0n) is 12.0. The van der Waals surface area contributed by atoms with Crippen molar-refractivity contribution >= 4 is 28.8 Å². The fourth-order valence-electron chi connectivity index (χ4n) is 2.60. The van der Waals surface area contributed by atoms with Crippen molar-refractivity contribution in [1.82, 2.24) is 5.06 Å². The Morgan fingerprint density at radius 1 is 1.00 bits per heavy atom. The SMILES string of the molecule is O=C(ON1C(=O)c2ccccc2C1=O)c1c(F)ccc2occc12. The van der Waals surface area contributed by atoms with Crippen LogP contribution in [0.25, 0.3) is 11.0 Å². The second-order valence-electron chi connectivity index (χ2n) is 5.08. The van der Waals surface area contributed by atoms with Crippen molar-refractivity contribution in [2.24, 2.45) is 0 Å². The number of amides is 2. The molecule has 3 aromatic rings. The summed E-state index contributed by atoms with van der Waals surface area (Å²) >= 11 is 0. The van der Waals surface area contributed by atoms with Gasteiger partial charge in [0.25, 0.3) is 11.8 Å². The Labute approximate surface area is 134 Å². The number of carbonyl (C=O) groups excluding carboxylic acids is 3. The number of hydrogen-bond acceptors (Lipinski definition) is 5. The van der Waals surface area contributed by atoms with Crippen LogP contribution in [0.4, 0.5) is 4.39 Å². The van der Waals surface area contributed by atoms with E-state index < -0.39 is 29.2 Å². The van der Waals surface area contributed by atoms with Gasteiger partial charge in [0.05, 0.1) is 17.4 Å². The van der Waals surface area contributed by atoms with Crippen LogP contribution in [0.1, 0.15) is 31.1 Å². The molecule has 0 saturated carbocycles. The number of carbonyl (C=O) groups is 3. The molecule has 0 spiro atoms. The topological polar surface area (TPSA) is 76.8 Å². The number of fused-ring (bicyclic) bond motifs is 2. The average Bonchev–Trinajstić information content (AvgIpc) is 3.14. The molecule has 1 aromatic heterocycles. The first-order valence-electron chi connectivity index (χ1n) is 6.94. The van der Waals surface area contributed by atoms with Crippen LogP contribution in [0.3, 0.4) is 0 Å². The molecule has 0 bridgehead atoms. The summed E-state index contributed by atoms with van der Waals surface area (Å²) in [6, 6.07) is 9.87. The van der Waals surface area contributed by atoms with Crippen molar-refractivity contribution in [1.29, 1.82) is 0 Å². The fourth-order valence-corrected chi connectivity index (χ4v) is 2.60. The zero-order valence-corrected chi connectivity index (χ0v) is 12.0. The smallest absolute Gasteiger partial charge is 0.367 e. The van der Waals surface area contributed by atoms with Crippen molar-refractivity contribution < 1.29 is 28.0 Å². The highest BCUT2D eigenvalue weighted by Gasteiger charge is 2.39. The number of halogens is 1. The minimum Gasteiger partial charge on any atom is -0.464 e. The maximum absolute atomic E-state index is 14.0. The Morgan fingerprint density at radius 2 is 1.67 bits per heavy atom. The molecule has 6 nitrogen and oxygen atoms in total. The van der Waals surface area contributed by atoms with Crippen molar-refractivity contribution in [3.8, 4) is 0 Å². The Balaban J connectivity index is 1.70. The second kappa shape index (κ2) is 5.02. The van der Waals surface area contributed by atoms with E-state index in [4.69, 9.17) is 9.25 Å². The van der Waals surface area contributed by atoms with Crippen LogP contribution in [0.2, 0.25) is 0 Å². The lowest BCUT2D eigenvalue weighted by Crippen LogP contribution is -2.33. The van der Waals surface area contributed by atoms with Gasteiger partial charge >= 0.3 is 5.97 Å². The lowest BCUT2D eigenvalue weighted by molar-refractivity contribution is -0.0586. The van der Waals surface area contributed by atoms with E-state index in [1.165, 1.54) is 30.5 Å². The zero-order chi connectivity index (χ0) is 16.8. The predicted octanol–water partition coefficient (Wildman–Crippen LogP) is 2.94. The van der Waals surface area contributed by atoms with E-state index in [0.717, 1.165) is 6.07 Å². The van der Waals surface area contributed by atoms with Crippen molar-refractivity contribution in [3.05, 3.63) is 71.2 Å². The summed E-state index contributed by atoms with van der Waals surface area (Å²) in [5, 5.41) is 0.530. The Kier molecular flexibility index (Phi) is 2.96. The van der Waals surface area contributed by atoms with Gasteiger partial charge < -0.3 is 9.25 Å². The highest BCUT2D eigenvalue weighted by atomic mass is 19.1. The molecule has 0 saturated heterocycles. The van der Waals surface area contributed by atoms with Gasteiger partial charge in [-0.25, -0.2) is 9.18 Å². The minimum absolute atomic E-state index is 0.122. The molecule has 1 aliphatic rings. The van der Waals surface area contributed by atoms with Gasteiger partial charge in [0.1, 0.15) is 17.0 Å². The molecule has 2 heterocycles. The van der Waals surface area contributed by atoms with Gasteiger partial charge in [-0.1, -0.05) is 17.2 Å². The number of nitrogens with zero attached hydrogens (tertiary/aromatic N) is 1. The van der Waals surface area contributed by atoms with Crippen LogP contribution in [0, 0.1) is 5.82 Å². The first-order valence-corrected chi connectivity index (χ1v) is 6.94. The number of hydroxylamine groups is 2. The van der Waals surface area contributed by atoms with Crippen LogP contribution < -0.4 is 0 Å². The predicted molar refractivity (Wildman–Crippen MR) is 78.5 cm³/mol. The van der Waals surface area contributed by atoms with Crippen LogP contribution in [-0.4, -0.2) is 22.8 Å². The highest BCUT2D eigenvalue weighted by Crippen LogP contribution is 2.27. The molecule has 0 radical (unpaired) electrons. The molecule has 2 amide bonds. The molecule has 7 heteroatoms. The van der Waals surface area contributed by atoms with Crippen LogP contribution >= 0.6 is 0 Å². The first-order chi connectivity index (χ1) is 11.6. The number of hydrogen-bond donors (Lipinski definition) is 0. The van der Waals surface area contributed by atoms with Gasteiger partial charge in [-0.15, -0.1) is 0 Å². The van der Waals surface area contributed by atoms with Gasteiger partial charge in [-0.2, -0.15) is 0 Å². The molecule has 4 rings (SSSR count). The molecule has 0 unspecified atom stereocenters. The Morgan fingerprint density at radius 3 is 2.33 bits per heavy atom. The summed E-state index contributed by atoms with van der Waals surface area (Å²) in [6.07, 6.45) is 1.29. The lowest BCUT2D eigenvalue weighted by Gasteiger charge is -2.13. The van der Waals surface area contributed by atoms with Crippen molar-refractivity contribution in [2.75, 3.05) is 0 Å². The number of rotatable bonds is 2. The van der Waals surface area contributed by atoms with Crippen molar-refractivity contribution in [3.63, 3.8) is 0 Å². The highest BCUT2D eigenvalue weighted by molar-refractivity contribution is 6.21. The van der Waals surface area contributed by atoms with E-state index in [9.17, 15) is 18.8 Å². The fraction of sp³-hybridized carbons (Fsp3) is 0. The third-order valence-corrected chi connectivity index (χ3v) is 3.72. The van der Waals surface area contributed by atoms with Crippen LogP contribution in [0.15, 0.2) is 53.1 Å². The summed E-state index contributed by atoms with van der Waals surface area (Å²) in [7, 11) is 0. The summed E-state index contributed by atoms with van der Waals surface area (Å²) in [5.41, 5.74) is 0.123. The number of benzene rings is 2. The summed E-state index contributed by atoms with van der Waals surface area (Å²) in [6.45, 7) is 0. The third-order valence-electron chi connectivity index (χ3n) is 3.72. The number of imide groups is 1. The largest absolute Gasteiger partial charge is 0.464 e. The second-order valence-corrected chi connectivity index (χ2v) is 5.08. The maximum Gasteiger partial charge on any atom is 0.367 e. The standard InChI is InChI=1S/C17H8FNO5/c18-12-5-6-13-11(7-8-23-13)14(12)17(22)24-19-15(20)9-3-1-2-4-10(9)16(19)21/h1-8H. The maximum atomic E-state index is 14.0. The van der Waals surface area contributed by atoms with Crippen LogP contribution in [-0.2, 0) is 4.84 Å². The first kappa shape index (κ1) is 14.1. The van der Waals surface area contributed by atoms with Gasteiger partial charge in [0, 0.05) is 5.39 Å². The summed E-state index contributed by atoms with van der Waals surface area (Å²) < 4.78 is 19.2. The Hall–Kier alpha value is -3.48. The molecule has 0 atom stereocenters. The molecule has 1 aliphatic heterocycles. The van der Waals surface area contributed by atoms with Crippen molar-refractivity contribution in [2.45, 2.75) is 0 Å². The van der Waals surface area contributed by atoms with E-state index in [1.54, 1.807) is 12.1 Å². The quantitative estimate of drug-likeness (QED) is 0.677. The van der Waals surface area contributed by atoms with E-state index in [-0.39, 0.29) is 22.1 Å². The van der Waals surface area contributed by atoms with E-state index in [0.29, 0.717) is 5.06 Å². The van der Waals surface area contributed by atoms with E-state index in [1.807, 2.05) is 0 Å². The summed E-state index contributed by atoms with van der Waals surface area (Å²) in [4.78, 5) is 41.6. The summed E-state index contributed by atoms with van der Waals surface area (Å²) in [5.74, 6) is -3.55. The number of furan rings is 1. The molecule has 0 N–H and O–H groups in total. The third kappa shape index (κ3) is 1.91. The molecule has 0 fully saturated rings. The molecule has 0 aliphatic carbocycles. The minimum atomic E-state index is -1.16. The molecule has 24 heavy (non-hydrogen) atoms. The average molecular weight is 325 g/mol. The molecule has 2 aromatic carbocycles. The van der Waals surface area contributed by atoms with Gasteiger partial charge in [0.15, 0.2) is 0 Å². The molecular weight excluding hydrogens is 317 g/mol. The van der Waals surface area contributed by atoms with Gasteiger partial charge in [0.2, 0.25) is 0 Å². The van der Waals surface area contributed by atoms with Crippen LogP contribution in [0.5, 0.6) is 0 Å². The van der Waals surface area contributed by atoms with Gasteiger partial charge in [-0.3, -0.25) is 9.59 Å². The van der Waals surface area contributed by atoms with E-state index >= 15 is 0 Å². The monoisotopic (exact) mass is 325 g/mol. The molecular formula is C17H8FNO5. The van der Waals surface area contributed by atoms with Gasteiger partial charge in [-0.05, 0) is 30.3 Å². The normalized spacial score (nSPS) is 13.5. The molecule has 118 valence electrons. The van der Waals surface area contributed by atoms with E-state index in [2.05, 4.69) is 0 Å². The lowest BCUT2D eigenvalue weighted by atomic mass is 10.1.